The maximum absolute atomic E-state index is 12.9. The van der Waals surface area contributed by atoms with Crippen molar-refractivity contribution in [3.8, 4) is 0 Å². The molecule has 0 spiro atoms. The highest BCUT2D eigenvalue weighted by Gasteiger charge is 2.34. The van der Waals surface area contributed by atoms with E-state index in [1.165, 1.54) is 18.3 Å². The molecule has 5 nitrogen and oxygen atoms in total. The number of nitrogens with zero attached hydrogens (tertiary/aromatic N) is 4. The largest absolute Gasteiger partial charge is 0.433 e. The van der Waals surface area contributed by atoms with Crippen LogP contribution in [0.25, 0.3) is 0 Å². The van der Waals surface area contributed by atoms with E-state index in [-0.39, 0.29) is 17.5 Å². The van der Waals surface area contributed by atoms with Crippen LogP contribution < -0.4 is 4.90 Å². The quantitative estimate of drug-likeness (QED) is 0.724. The Morgan fingerprint density at radius 3 is 2.44 bits per heavy atom. The van der Waals surface area contributed by atoms with Gasteiger partial charge in [0, 0.05) is 32.2 Å². The molecule has 1 aliphatic heterocycles. The van der Waals surface area contributed by atoms with Crippen LogP contribution in [0.3, 0.4) is 0 Å². The van der Waals surface area contributed by atoms with Gasteiger partial charge in [-0.05, 0) is 35.0 Å². The fourth-order valence-electron chi connectivity index (χ4n) is 2.58. The lowest BCUT2D eigenvalue weighted by Crippen LogP contribution is -2.49. The number of hydrogen-bond acceptors (Lipinski definition) is 5. The Morgan fingerprint density at radius 2 is 1.88 bits per heavy atom. The van der Waals surface area contributed by atoms with Crippen molar-refractivity contribution in [1.29, 1.82) is 0 Å². The number of piperazine rings is 1. The number of amides is 1. The molecule has 0 aliphatic carbocycles. The summed E-state index contributed by atoms with van der Waals surface area (Å²) in [6.45, 7) is 3.14. The average Bonchev–Trinajstić information content (AvgIpc) is 2.99. The molecule has 0 radical (unpaired) electrons. The van der Waals surface area contributed by atoms with Gasteiger partial charge in [-0.1, -0.05) is 0 Å². The fraction of sp³-hybridized carbons (Fsp3) is 0.400. The van der Waals surface area contributed by atoms with Gasteiger partial charge >= 0.3 is 6.18 Å². The molecule has 10 heteroatoms. The molecule has 25 heavy (non-hydrogen) atoms. The number of alkyl halides is 3. The second kappa shape index (κ2) is 6.91. The molecule has 0 saturated carbocycles. The van der Waals surface area contributed by atoms with E-state index in [1.54, 1.807) is 15.9 Å². The van der Waals surface area contributed by atoms with Crippen LogP contribution in [0.4, 0.5) is 19.0 Å². The van der Waals surface area contributed by atoms with Gasteiger partial charge in [0.15, 0.2) is 0 Å². The Morgan fingerprint density at radius 1 is 1.20 bits per heavy atom. The molecular formula is C15H14BrF3N4OS. The Kier molecular flexibility index (Phi) is 5.01. The third-order valence-corrected chi connectivity index (χ3v) is 5.40. The summed E-state index contributed by atoms with van der Waals surface area (Å²) in [5, 5.41) is 0. The van der Waals surface area contributed by atoms with Crippen LogP contribution in [-0.2, 0) is 6.18 Å². The first kappa shape index (κ1) is 18.1. The van der Waals surface area contributed by atoms with Gasteiger partial charge in [-0.3, -0.25) is 4.79 Å². The zero-order chi connectivity index (χ0) is 18.2. The summed E-state index contributed by atoms with van der Waals surface area (Å²) in [7, 11) is 0. The van der Waals surface area contributed by atoms with Crippen molar-refractivity contribution < 1.29 is 18.0 Å². The normalized spacial score (nSPS) is 15.6. The van der Waals surface area contributed by atoms with Crippen molar-refractivity contribution in [2.75, 3.05) is 31.1 Å². The molecule has 1 saturated heterocycles. The van der Waals surface area contributed by atoms with E-state index in [9.17, 15) is 18.0 Å². The van der Waals surface area contributed by atoms with Crippen LogP contribution in [0, 0.1) is 6.92 Å². The number of anilines is 1. The second-order valence-electron chi connectivity index (χ2n) is 5.54. The molecule has 0 bridgehead atoms. The van der Waals surface area contributed by atoms with Crippen molar-refractivity contribution in [2.45, 2.75) is 13.1 Å². The monoisotopic (exact) mass is 434 g/mol. The van der Waals surface area contributed by atoms with E-state index >= 15 is 0 Å². The zero-order valence-electron chi connectivity index (χ0n) is 13.2. The molecular weight excluding hydrogens is 421 g/mol. The molecule has 2 aromatic heterocycles. The zero-order valence-corrected chi connectivity index (χ0v) is 15.6. The van der Waals surface area contributed by atoms with Crippen LogP contribution in [0.15, 0.2) is 22.0 Å². The van der Waals surface area contributed by atoms with Gasteiger partial charge in [0.25, 0.3) is 5.91 Å². The van der Waals surface area contributed by atoms with E-state index in [0.29, 0.717) is 31.1 Å². The molecule has 134 valence electrons. The van der Waals surface area contributed by atoms with Gasteiger partial charge in [-0.25, -0.2) is 9.97 Å². The first-order valence-electron chi connectivity index (χ1n) is 7.46. The number of halogens is 4. The van der Waals surface area contributed by atoms with Gasteiger partial charge in [-0.2, -0.15) is 13.2 Å². The molecule has 0 N–H and O–H groups in total. The predicted molar refractivity (Wildman–Crippen MR) is 91.9 cm³/mol. The summed E-state index contributed by atoms with van der Waals surface area (Å²) in [5.41, 5.74) is -0.947. The number of hydrogen-bond donors (Lipinski definition) is 0. The van der Waals surface area contributed by atoms with Crippen LogP contribution in [0.2, 0.25) is 0 Å². The van der Waals surface area contributed by atoms with Crippen molar-refractivity contribution in [3.05, 3.63) is 38.4 Å². The molecule has 0 atom stereocenters. The lowest BCUT2D eigenvalue weighted by molar-refractivity contribution is -0.141. The van der Waals surface area contributed by atoms with Crippen molar-refractivity contribution in [3.63, 3.8) is 0 Å². The molecule has 2 aromatic rings. The summed E-state index contributed by atoms with van der Waals surface area (Å²) < 4.78 is 39.6. The SMILES string of the molecule is Cc1nc(N2CCN(C(=O)c3ccc(Br)s3)CC2)cc(C(F)(F)F)n1. The van der Waals surface area contributed by atoms with Crippen LogP contribution in [0.5, 0.6) is 0 Å². The van der Waals surface area contributed by atoms with Crippen LogP contribution >= 0.6 is 27.3 Å². The van der Waals surface area contributed by atoms with E-state index in [4.69, 9.17) is 0 Å². The summed E-state index contributed by atoms with van der Waals surface area (Å²) in [5.74, 6) is 0.253. The topological polar surface area (TPSA) is 49.3 Å². The highest BCUT2D eigenvalue weighted by atomic mass is 79.9. The Hall–Kier alpha value is -1.68. The highest BCUT2D eigenvalue weighted by Crippen LogP contribution is 2.30. The Bertz CT molecular complexity index is 787. The van der Waals surface area contributed by atoms with E-state index in [2.05, 4.69) is 25.9 Å². The molecule has 1 fully saturated rings. The molecule has 3 rings (SSSR count). The summed E-state index contributed by atoms with van der Waals surface area (Å²) in [6.07, 6.45) is -4.51. The number of carbonyl (C=O) groups excluding carboxylic acids is 1. The second-order valence-corrected chi connectivity index (χ2v) is 8.00. The van der Waals surface area contributed by atoms with E-state index < -0.39 is 11.9 Å². The lowest BCUT2D eigenvalue weighted by atomic mass is 10.2. The smallest absolute Gasteiger partial charge is 0.353 e. The molecule has 0 aromatic carbocycles. The third-order valence-electron chi connectivity index (χ3n) is 3.79. The molecule has 1 amide bonds. The summed E-state index contributed by atoms with van der Waals surface area (Å²) in [4.78, 5) is 24.1. The minimum atomic E-state index is -4.51. The minimum absolute atomic E-state index is 0.0646. The summed E-state index contributed by atoms with van der Waals surface area (Å²) in [6, 6.07) is 4.53. The first-order valence-corrected chi connectivity index (χ1v) is 9.07. The molecule has 3 heterocycles. The first-order chi connectivity index (χ1) is 11.7. The van der Waals surface area contributed by atoms with Gasteiger partial charge < -0.3 is 9.80 Å². The number of aryl methyl sites for hydroxylation is 1. The van der Waals surface area contributed by atoms with Crippen molar-refractivity contribution >= 4 is 39.0 Å². The van der Waals surface area contributed by atoms with Gasteiger partial charge in [-0.15, -0.1) is 11.3 Å². The van der Waals surface area contributed by atoms with Crippen LogP contribution in [0.1, 0.15) is 21.2 Å². The number of rotatable bonds is 2. The third kappa shape index (κ3) is 4.12. The van der Waals surface area contributed by atoms with E-state index in [1.807, 2.05) is 6.07 Å². The molecule has 1 aliphatic rings. The number of aromatic nitrogens is 2. The average molecular weight is 435 g/mol. The lowest BCUT2D eigenvalue weighted by Gasteiger charge is -2.35. The minimum Gasteiger partial charge on any atom is -0.353 e. The maximum Gasteiger partial charge on any atom is 0.433 e. The van der Waals surface area contributed by atoms with Crippen molar-refractivity contribution in [1.82, 2.24) is 14.9 Å². The van der Waals surface area contributed by atoms with Gasteiger partial charge in [0.05, 0.1) is 8.66 Å². The fourth-order valence-corrected chi connectivity index (χ4v) is 3.94. The predicted octanol–water partition coefficient (Wildman–Crippen LogP) is 3.59. The highest BCUT2D eigenvalue weighted by molar-refractivity contribution is 9.11. The van der Waals surface area contributed by atoms with Gasteiger partial charge in [0.1, 0.15) is 17.3 Å². The van der Waals surface area contributed by atoms with Crippen molar-refractivity contribution in [2.24, 2.45) is 0 Å². The Labute approximate surface area is 154 Å². The Balaban J connectivity index is 1.70. The van der Waals surface area contributed by atoms with Gasteiger partial charge in [0.2, 0.25) is 0 Å². The summed E-state index contributed by atoms with van der Waals surface area (Å²) >= 11 is 4.69. The van der Waals surface area contributed by atoms with Crippen LogP contribution in [-0.4, -0.2) is 47.0 Å². The number of thiophene rings is 1. The standard InChI is InChI=1S/C15H14BrF3N4OS/c1-9-20-11(15(17,18)19)8-13(21-9)22-4-6-23(7-5-22)14(24)10-2-3-12(16)25-10/h2-3,8H,4-7H2,1H3. The molecule has 0 unspecified atom stereocenters. The number of carbonyl (C=O) groups is 1. The van der Waals surface area contributed by atoms with E-state index in [0.717, 1.165) is 9.85 Å². The maximum atomic E-state index is 12.9.